The maximum absolute atomic E-state index is 12.1. The first kappa shape index (κ1) is 19.1. The Bertz CT molecular complexity index is 609. The SMILES string of the molecule is CC(C)(C)OC(=O)N1CCC(CNCc2ccc(N=[N+]=[N-])cc2)CC1. The molecule has 1 aromatic carbocycles. The lowest BCUT2D eigenvalue weighted by Crippen LogP contribution is -2.43. The lowest BCUT2D eigenvalue weighted by atomic mass is 9.97. The van der Waals surface area contributed by atoms with E-state index in [0.717, 1.165) is 44.6 Å². The Kier molecular flexibility index (Phi) is 6.67. The van der Waals surface area contributed by atoms with Crippen LogP contribution in [0.25, 0.3) is 10.4 Å². The molecule has 0 saturated carbocycles. The van der Waals surface area contributed by atoms with Gasteiger partial charge in [0.05, 0.1) is 0 Å². The van der Waals surface area contributed by atoms with Gasteiger partial charge in [0.15, 0.2) is 0 Å². The van der Waals surface area contributed by atoms with Crippen LogP contribution in [0.4, 0.5) is 10.5 Å². The van der Waals surface area contributed by atoms with Crippen LogP contribution >= 0.6 is 0 Å². The summed E-state index contributed by atoms with van der Waals surface area (Å²) in [5.74, 6) is 0.571. The number of rotatable bonds is 5. The van der Waals surface area contributed by atoms with Crippen molar-refractivity contribution in [1.82, 2.24) is 10.2 Å². The summed E-state index contributed by atoms with van der Waals surface area (Å²) in [6, 6.07) is 7.55. The van der Waals surface area contributed by atoms with Crippen molar-refractivity contribution in [3.05, 3.63) is 40.3 Å². The van der Waals surface area contributed by atoms with Crippen LogP contribution in [-0.2, 0) is 11.3 Å². The van der Waals surface area contributed by atoms with Crippen molar-refractivity contribution in [1.29, 1.82) is 0 Å². The summed E-state index contributed by atoms with van der Waals surface area (Å²) >= 11 is 0. The first-order chi connectivity index (χ1) is 11.9. The molecule has 1 fully saturated rings. The maximum Gasteiger partial charge on any atom is 0.410 e. The summed E-state index contributed by atoms with van der Waals surface area (Å²) in [5.41, 5.74) is 9.74. The molecule has 0 aromatic heterocycles. The number of likely N-dealkylation sites (tertiary alicyclic amines) is 1. The van der Waals surface area contributed by atoms with Gasteiger partial charge in [-0.25, -0.2) is 4.79 Å². The minimum atomic E-state index is -0.441. The molecule has 7 heteroatoms. The zero-order valence-electron chi connectivity index (χ0n) is 15.2. The molecule has 0 bridgehead atoms. The van der Waals surface area contributed by atoms with Crippen molar-refractivity contribution in [2.24, 2.45) is 11.0 Å². The molecule has 25 heavy (non-hydrogen) atoms. The van der Waals surface area contributed by atoms with Gasteiger partial charge < -0.3 is 15.0 Å². The highest BCUT2D eigenvalue weighted by Gasteiger charge is 2.26. The number of carbonyl (C=O) groups excluding carboxylic acids is 1. The number of ether oxygens (including phenoxy) is 1. The molecule has 0 unspecified atom stereocenters. The van der Waals surface area contributed by atoms with Crippen LogP contribution in [0.5, 0.6) is 0 Å². The van der Waals surface area contributed by atoms with Crippen molar-refractivity contribution in [2.45, 2.75) is 45.8 Å². The fourth-order valence-electron chi connectivity index (χ4n) is 2.80. The molecule has 1 aromatic rings. The fourth-order valence-corrected chi connectivity index (χ4v) is 2.80. The molecule has 0 spiro atoms. The Morgan fingerprint density at radius 3 is 2.52 bits per heavy atom. The molecule has 1 saturated heterocycles. The quantitative estimate of drug-likeness (QED) is 0.488. The number of nitrogens with one attached hydrogen (secondary N) is 1. The minimum Gasteiger partial charge on any atom is -0.444 e. The highest BCUT2D eigenvalue weighted by Crippen LogP contribution is 2.19. The van der Waals surface area contributed by atoms with Crippen molar-refractivity contribution in [3.63, 3.8) is 0 Å². The van der Waals surface area contributed by atoms with Gasteiger partial charge in [-0.05, 0) is 57.2 Å². The lowest BCUT2D eigenvalue weighted by Gasteiger charge is -2.33. The number of hydrogen-bond acceptors (Lipinski definition) is 4. The standard InChI is InChI=1S/C18H27N5O2/c1-18(2,3)25-17(24)23-10-8-15(9-11-23)13-20-12-14-4-6-16(7-5-14)21-22-19/h4-7,15,20H,8-13H2,1-3H3. The van der Waals surface area contributed by atoms with Gasteiger partial charge in [-0.15, -0.1) is 0 Å². The molecule has 136 valence electrons. The van der Waals surface area contributed by atoms with Crippen molar-refractivity contribution in [2.75, 3.05) is 19.6 Å². The largest absolute Gasteiger partial charge is 0.444 e. The summed E-state index contributed by atoms with van der Waals surface area (Å²) in [7, 11) is 0. The number of hydrogen-bond donors (Lipinski definition) is 1. The van der Waals surface area contributed by atoms with Gasteiger partial charge in [0.1, 0.15) is 5.60 Å². The van der Waals surface area contributed by atoms with Crippen molar-refractivity contribution in [3.8, 4) is 0 Å². The zero-order chi connectivity index (χ0) is 18.3. The zero-order valence-corrected chi connectivity index (χ0v) is 15.2. The second-order valence-electron chi connectivity index (χ2n) is 7.40. The number of piperidine rings is 1. The molecular weight excluding hydrogens is 318 g/mol. The van der Waals surface area contributed by atoms with Crippen LogP contribution in [0.15, 0.2) is 29.4 Å². The lowest BCUT2D eigenvalue weighted by molar-refractivity contribution is 0.0184. The van der Waals surface area contributed by atoms with Crippen LogP contribution in [0, 0.1) is 5.92 Å². The number of nitrogens with zero attached hydrogens (tertiary/aromatic N) is 4. The van der Waals surface area contributed by atoms with E-state index in [1.807, 2.05) is 45.0 Å². The van der Waals surface area contributed by atoms with Crippen LogP contribution in [0.2, 0.25) is 0 Å². The molecule has 1 heterocycles. The topological polar surface area (TPSA) is 90.3 Å². The Hall–Kier alpha value is -2.24. The first-order valence-corrected chi connectivity index (χ1v) is 8.70. The third-order valence-corrected chi connectivity index (χ3v) is 4.12. The predicted octanol–water partition coefficient (Wildman–Crippen LogP) is 4.37. The van der Waals surface area contributed by atoms with E-state index >= 15 is 0 Å². The molecule has 7 nitrogen and oxygen atoms in total. The Morgan fingerprint density at radius 2 is 1.96 bits per heavy atom. The Morgan fingerprint density at radius 1 is 1.32 bits per heavy atom. The molecule has 0 aliphatic carbocycles. The molecular formula is C18H27N5O2. The predicted molar refractivity (Wildman–Crippen MR) is 97.5 cm³/mol. The molecule has 0 radical (unpaired) electrons. The van der Waals surface area contributed by atoms with E-state index < -0.39 is 5.60 Å². The smallest absolute Gasteiger partial charge is 0.410 e. The maximum atomic E-state index is 12.1. The number of azide groups is 1. The van der Waals surface area contributed by atoms with Gasteiger partial charge in [0.25, 0.3) is 0 Å². The summed E-state index contributed by atoms with van der Waals surface area (Å²) in [6.07, 6.45) is 1.77. The molecule has 1 amide bonds. The van der Waals surface area contributed by atoms with Gasteiger partial charge >= 0.3 is 6.09 Å². The first-order valence-electron chi connectivity index (χ1n) is 8.70. The number of benzene rings is 1. The van der Waals surface area contributed by atoms with Gasteiger partial charge in [-0.2, -0.15) is 0 Å². The van der Waals surface area contributed by atoms with Crippen molar-refractivity contribution >= 4 is 11.8 Å². The molecule has 1 aliphatic rings. The Labute approximate surface area is 149 Å². The highest BCUT2D eigenvalue weighted by molar-refractivity contribution is 5.68. The van der Waals surface area contributed by atoms with E-state index in [4.69, 9.17) is 10.3 Å². The van der Waals surface area contributed by atoms with Crippen LogP contribution in [0.3, 0.4) is 0 Å². The monoisotopic (exact) mass is 345 g/mol. The van der Waals surface area contributed by atoms with E-state index in [9.17, 15) is 4.79 Å². The second-order valence-corrected chi connectivity index (χ2v) is 7.40. The second kappa shape index (κ2) is 8.74. The van der Waals surface area contributed by atoms with Gasteiger partial charge in [-0.3, -0.25) is 0 Å². The van der Waals surface area contributed by atoms with E-state index in [0.29, 0.717) is 11.6 Å². The van der Waals surface area contributed by atoms with Gasteiger partial charge in [-0.1, -0.05) is 29.4 Å². The van der Waals surface area contributed by atoms with E-state index in [1.54, 1.807) is 4.90 Å². The van der Waals surface area contributed by atoms with E-state index in [2.05, 4.69) is 15.3 Å². The number of amides is 1. The minimum absolute atomic E-state index is 0.209. The van der Waals surface area contributed by atoms with Crippen LogP contribution < -0.4 is 5.32 Å². The van der Waals surface area contributed by atoms with Crippen molar-refractivity contribution < 1.29 is 9.53 Å². The molecule has 1 N–H and O–H groups in total. The molecule has 0 atom stereocenters. The third-order valence-electron chi connectivity index (χ3n) is 4.12. The average Bonchev–Trinajstić information content (AvgIpc) is 2.56. The van der Waals surface area contributed by atoms with E-state index in [1.165, 1.54) is 0 Å². The normalized spacial score (nSPS) is 15.6. The number of carbonyl (C=O) groups is 1. The summed E-state index contributed by atoms with van der Waals surface area (Å²) in [5, 5.41) is 7.03. The van der Waals surface area contributed by atoms with E-state index in [-0.39, 0.29) is 6.09 Å². The summed E-state index contributed by atoms with van der Waals surface area (Å²) < 4.78 is 5.42. The van der Waals surface area contributed by atoms with Crippen LogP contribution in [-0.4, -0.2) is 36.2 Å². The third kappa shape index (κ3) is 6.64. The summed E-state index contributed by atoms with van der Waals surface area (Å²) in [6.45, 7) is 8.88. The molecule has 2 rings (SSSR count). The highest BCUT2D eigenvalue weighted by atomic mass is 16.6. The van der Waals surface area contributed by atoms with Gasteiger partial charge in [0.2, 0.25) is 0 Å². The van der Waals surface area contributed by atoms with Gasteiger partial charge in [0, 0.05) is 30.2 Å². The molecule has 1 aliphatic heterocycles. The fraction of sp³-hybridized carbons (Fsp3) is 0.611. The average molecular weight is 345 g/mol. The van der Waals surface area contributed by atoms with Crippen LogP contribution in [0.1, 0.15) is 39.2 Å². The Balaban J connectivity index is 1.68. The summed E-state index contributed by atoms with van der Waals surface area (Å²) in [4.78, 5) is 16.6.